The van der Waals surface area contributed by atoms with Crippen LogP contribution < -0.4 is 9.05 Å². The molecule has 0 aromatic heterocycles. The molecule has 3 heteroatoms. The van der Waals surface area contributed by atoms with Crippen LogP contribution in [0.3, 0.4) is 0 Å². The van der Waals surface area contributed by atoms with E-state index in [0.29, 0.717) is 0 Å². The summed E-state index contributed by atoms with van der Waals surface area (Å²) in [6.45, 7) is 10.7. The maximum Gasteiger partial charge on any atom is 0.296 e. The van der Waals surface area contributed by atoms with Crippen molar-refractivity contribution in [2.24, 2.45) is 0 Å². The molecule has 0 bridgehead atoms. The number of rotatable bonds is 6. The molecule has 0 atom stereocenters. The van der Waals surface area contributed by atoms with Gasteiger partial charge in [0, 0.05) is 0 Å². The highest BCUT2D eigenvalue weighted by molar-refractivity contribution is 7.49. The molecule has 0 fully saturated rings. The third-order valence-electron chi connectivity index (χ3n) is 3.91. The van der Waals surface area contributed by atoms with E-state index in [4.69, 9.17) is 9.05 Å². The second-order valence-corrected chi connectivity index (χ2v) is 8.23. The molecule has 0 saturated carbocycles. The molecule has 2 rings (SSSR count). The highest BCUT2D eigenvalue weighted by Crippen LogP contribution is 2.53. The Bertz CT molecular complexity index is 575. The summed E-state index contributed by atoms with van der Waals surface area (Å²) in [5.41, 5.74) is 2.27. The molecule has 2 aromatic rings. The SMILES string of the molecule is CCC(C)(C)P(Oc1ccccc1C)Oc1ccccc1C. The van der Waals surface area contributed by atoms with Crippen molar-refractivity contribution < 1.29 is 9.05 Å². The summed E-state index contributed by atoms with van der Waals surface area (Å²) in [7, 11) is -1.09. The lowest BCUT2D eigenvalue weighted by atomic mass is 10.1. The standard InChI is InChI=1S/C19H25O2P/c1-6-19(4,5)22(20-17-13-9-7-11-15(17)2)21-18-14-10-8-12-16(18)3/h7-14H,6H2,1-5H3. The predicted octanol–water partition coefficient (Wildman–Crippen LogP) is 6.26. The van der Waals surface area contributed by atoms with Crippen LogP contribution in [-0.2, 0) is 0 Å². The zero-order chi connectivity index (χ0) is 16.2. The molecular weight excluding hydrogens is 291 g/mol. The minimum atomic E-state index is -1.09. The van der Waals surface area contributed by atoms with Gasteiger partial charge in [-0.3, -0.25) is 0 Å². The summed E-state index contributed by atoms with van der Waals surface area (Å²) in [6, 6.07) is 16.2. The highest BCUT2D eigenvalue weighted by atomic mass is 31.2. The number of hydrogen-bond acceptors (Lipinski definition) is 2. The molecule has 2 nitrogen and oxygen atoms in total. The lowest BCUT2D eigenvalue weighted by molar-refractivity contribution is 0.438. The molecule has 0 heterocycles. The van der Waals surface area contributed by atoms with Gasteiger partial charge in [0.05, 0.1) is 5.16 Å². The molecular formula is C19H25O2P. The minimum Gasteiger partial charge on any atom is -0.438 e. The van der Waals surface area contributed by atoms with Gasteiger partial charge in [0.1, 0.15) is 11.5 Å². The van der Waals surface area contributed by atoms with Crippen LogP contribution in [0.4, 0.5) is 0 Å². The quantitative estimate of drug-likeness (QED) is 0.585. The Morgan fingerprint density at radius 3 is 1.59 bits per heavy atom. The van der Waals surface area contributed by atoms with E-state index in [0.717, 1.165) is 29.0 Å². The van der Waals surface area contributed by atoms with Crippen LogP contribution in [0.25, 0.3) is 0 Å². The zero-order valence-electron chi connectivity index (χ0n) is 14.1. The van der Waals surface area contributed by atoms with Gasteiger partial charge >= 0.3 is 0 Å². The Morgan fingerprint density at radius 1 is 0.818 bits per heavy atom. The van der Waals surface area contributed by atoms with Gasteiger partial charge in [-0.2, -0.15) is 0 Å². The average molecular weight is 316 g/mol. The van der Waals surface area contributed by atoms with Crippen molar-refractivity contribution in [2.75, 3.05) is 0 Å². The Balaban J connectivity index is 2.28. The Morgan fingerprint density at radius 2 is 1.23 bits per heavy atom. The predicted molar refractivity (Wildman–Crippen MR) is 94.9 cm³/mol. The first-order valence-corrected chi connectivity index (χ1v) is 8.89. The zero-order valence-corrected chi connectivity index (χ0v) is 15.0. The summed E-state index contributed by atoms with van der Waals surface area (Å²) < 4.78 is 12.6. The summed E-state index contributed by atoms with van der Waals surface area (Å²) in [6.07, 6.45) is 0.996. The Hall–Kier alpha value is -1.53. The molecule has 0 aliphatic rings. The van der Waals surface area contributed by atoms with E-state index in [9.17, 15) is 0 Å². The maximum atomic E-state index is 6.30. The van der Waals surface area contributed by atoms with E-state index in [1.54, 1.807) is 0 Å². The molecule has 0 radical (unpaired) electrons. The van der Waals surface area contributed by atoms with Gasteiger partial charge in [0.15, 0.2) is 0 Å². The molecule has 0 unspecified atom stereocenters. The van der Waals surface area contributed by atoms with E-state index in [2.05, 4.69) is 46.8 Å². The molecule has 22 heavy (non-hydrogen) atoms. The molecule has 118 valence electrons. The molecule has 0 aliphatic heterocycles. The summed E-state index contributed by atoms with van der Waals surface area (Å²) in [4.78, 5) is 0. The molecule has 0 amide bonds. The van der Waals surface area contributed by atoms with Crippen LogP contribution in [-0.4, -0.2) is 5.16 Å². The van der Waals surface area contributed by atoms with Crippen molar-refractivity contribution >= 4 is 8.38 Å². The van der Waals surface area contributed by atoms with E-state index >= 15 is 0 Å². The fourth-order valence-electron chi connectivity index (χ4n) is 1.89. The Kier molecular flexibility index (Phi) is 5.47. The summed E-state index contributed by atoms with van der Waals surface area (Å²) in [5.74, 6) is 1.81. The van der Waals surface area contributed by atoms with Crippen molar-refractivity contribution in [1.82, 2.24) is 0 Å². The van der Waals surface area contributed by atoms with Gasteiger partial charge in [0.25, 0.3) is 8.38 Å². The van der Waals surface area contributed by atoms with Crippen LogP contribution in [0.5, 0.6) is 11.5 Å². The van der Waals surface area contributed by atoms with Gasteiger partial charge in [-0.1, -0.05) is 43.3 Å². The molecule has 0 aliphatic carbocycles. The fraction of sp³-hybridized carbons (Fsp3) is 0.368. The third-order valence-corrected chi connectivity index (χ3v) is 5.94. The number of para-hydroxylation sites is 2. The number of aryl methyl sites for hydroxylation is 2. The first-order valence-electron chi connectivity index (χ1n) is 7.71. The van der Waals surface area contributed by atoms with Crippen LogP contribution >= 0.6 is 8.38 Å². The third kappa shape index (κ3) is 4.01. The lowest BCUT2D eigenvalue weighted by Crippen LogP contribution is -2.22. The summed E-state index contributed by atoms with van der Waals surface area (Å²) >= 11 is 0. The van der Waals surface area contributed by atoms with Crippen LogP contribution in [0, 0.1) is 13.8 Å². The number of benzene rings is 2. The monoisotopic (exact) mass is 316 g/mol. The molecule has 0 N–H and O–H groups in total. The second kappa shape index (κ2) is 7.15. The van der Waals surface area contributed by atoms with Crippen LogP contribution in [0.1, 0.15) is 38.3 Å². The van der Waals surface area contributed by atoms with Crippen molar-refractivity contribution in [1.29, 1.82) is 0 Å². The van der Waals surface area contributed by atoms with E-state index < -0.39 is 8.38 Å². The summed E-state index contributed by atoms with van der Waals surface area (Å²) in [5, 5.41) is -0.0279. The van der Waals surface area contributed by atoms with Crippen molar-refractivity contribution in [3.63, 3.8) is 0 Å². The maximum absolute atomic E-state index is 6.30. The normalized spacial score (nSPS) is 11.5. The van der Waals surface area contributed by atoms with Gasteiger partial charge in [-0.05, 0) is 57.4 Å². The van der Waals surface area contributed by atoms with Gasteiger partial charge < -0.3 is 9.05 Å². The molecule has 0 saturated heterocycles. The number of hydrogen-bond donors (Lipinski definition) is 0. The van der Waals surface area contributed by atoms with Crippen molar-refractivity contribution in [3.05, 3.63) is 59.7 Å². The topological polar surface area (TPSA) is 18.5 Å². The minimum absolute atomic E-state index is 0.0279. The van der Waals surface area contributed by atoms with E-state index in [1.165, 1.54) is 0 Å². The van der Waals surface area contributed by atoms with Crippen molar-refractivity contribution in [2.45, 2.75) is 46.2 Å². The average Bonchev–Trinajstić information content (AvgIpc) is 2.50. The smallest absolute Gasteiger partial charge is 0.296 e. The first-order chi connectivity index (χ1) is 10.4. The lowest BCUT2D eigenvalue weighted by Gasteiger charge is -2.32. The second-order valence-electron chi connectivity index (χ2n) is 6.14. The van der Waals surface area contributed by atoms with Gasteiger partial charge in [-0.15, -0.1) is 0 Å². The highest BCUT2D eigenvalue weighted by Gasteiger charge is 2.34. The van der Waals surface area contributed by atoms with Gasteiger partial charge in [-0.25, -0.2) is 0 Å². The Labute approximate surface area is 135 Å². The van der Waals surface area contributed by atoms with Crippen molar-refractivity contribution in [3.8, 4) is 11.5 Å². The van der Waals surface area contributed by atoms with Gasteiger partial charge in [0.2, 0.25) is 0 Å². The van der Waals surface area contributed by atoms with E-state index in [-0.39, 0.29) is 5.16 Å². The van der Waals surface area contributed by atoms with E-state index in [1.807, 2.05) is 36.4 Å². The molecule has 0 spiro atoms. The van der Waals surface area contributed by atoms with Crippen LogP contribution in [0.2, 0.25) is 0 Å². The molecule has 2 aromatic carbocycles. The van der Waals surface area contributed by atoms with Crippen LogP contribution in [0.15, 0.2) is 48.5 Å². The first kappa shape index (κ1) is 16.8. The fourth-order valence-corrected chi connectivity index (χ4v) is 3.45. The largest absolute Gasteiger partial charge is 0.438 e.